The van der Waals surface area contributed by atoms with Crippen molar-refractivity contribution in [2.24, 2.45) is 0 Å². The lowest BCUT2D eigenvalue weighted by Gasteiger charge is -2.09. The number of nitrogens with one attached hydrogen (secondary N) is 2. The molecular weight excluding hydrogens is 332 g/mol. The normalized spacial score (nSPS) is 11.8. The van der Waals surface area contributed by atoms with Crippen LogP contribution in [-0.4, -0.2) is 37.7 Å². The van der Waals surface area contributed by atoms with Gasteiger partial charge in [-0.2, -0.15) is 0 Å². The summed E-state index contributed by atoms with van der Waals surface area (Å²) in [5.74, 6) is 1.76. The number of hydrogen-bond acceptors (Lipinski definition) is 5. The van der Waals surface area contributed by atoms with Crippen LogP contribution in [0.2, 0.25) is 0 Å². The first-order valence-electron chi connectivity index (χ1n) is 6.01. The fourth-order valence-electron chi connectivity index (χ4n) is 1.35. The van der Waals surface area contributed by atoms with Crippen molar-refractivity contribution < 1.29 is 8.42 Å². The van der Waals surface area contributed by atoms with E-state index < -0.39 is 10.0 Å². The summed E-state index contributed by atoms with van der Waals surface area (Å²) in [4.78, 5) is 8.67. The minimum Gasteiger partial charge on any atom is -0.370 e. The van der Waals surface area contributed by atoms with Crippen LogP contribution in [0.3, 0.4) is 0 Å². The molecule has 1 rings (SSSR count). The zero-order chi connectivity index (χ0) is 14.5. The molecule has 0 bridgehead atoms. The van der Waals surface area contributed by atoms with Gasteiger partial charge in [-0.25, -0.2) is 23.1 Å². The Morgan fingerprint density at radius 1 is 1.32 bits per heavy atom. The summed E-state index contributed by atoms with van der Waals surface area (Å²) < 4.78 is 24.9. The van der Waals surface area contributed by atoms with E-state index >= 15 is 0 Å². The highest BCUT2D eigenvalue weighted by Crippen LogP contribution is 2.17. The Bertz CT molecular complexity index is 519. The number of sulfonamides is 1. The highest BCUT2D eigenvalue weighted by molar-refractivity contribution is 9.10. The molecule has 0 spiro atoms. The first-order chi connectivity index (χ1) is 8.78. The average molecular weight is 351 g/mol. The van der Waals surface area contributed by atoms with Crippen molar-refractivity contribution in [3.05, 3.63) is 16.5 Å². The number of hydrogen-bond donors (Lipinski definition) is 2. The summed E-state index contributed by atoms with van der Waals surface area (Å²) in [6, 6.07) is 1.80. The number of halogens is 1. The molecule has 2 N–H and O–H groups in total. The van der Waals surface area contributed by atoms with E-state index in [-0.39, 0.29) is 5.92 Å². The maximum Gasteiger partial charge on any atom is 0.208 e. The summed E-state index contributed by atoms with van der Waals surface area (Å²) in [5.41, 5.74) is 0. The standard InChI is InChI=1S/C11H19BrN4O2S/c1-8(2)11-15-9(12)7-10(16-11)13-5-4-6-14-19(3,17)18/h7-8,14H,4-6H2,1-3H3,(H,13,15,16). The molecule has 1 heterocycles. The predicted octanol–water partition coefficient (Wildman–Crippen LogP) is 1.71. The Morgan fingerprint density at radius 3 is 2.58 bits per heavy atom. The van der Waals surface area contributed by atoms with E-state index in [0.717, 1.165) is 22.5 Å². The zero-order valence-corrected chi connectivity index (χ0v) is 13.7. The average Bonchev–Trinajstić information content (AvgIpc) is 2.26. The fourth-order valence-corrected chi connectivity index (χ4v) is 2.26. The van der Waals surface area contributed by atoms with E-state index in [2.05, 4.69) is 35.9 Å². The first kappa shape index (κ1) is 16.3. The molecule has 0 aliphatic heterocycles. The van der Waals surface area contributed by atoms with Gasteiger partial charge in [-0.1, -0.05) is 13.8 Å². The number of aromatic nitrogens is 2. The van der Waals surface area contributed by atoms with Gasteiger partial charge in [0.2, 0.25) is 10.0 Å². The third-order valence-electron chi connectivity index (χ3n) is 2.25. The largest absolute Gasteiger partial charge is 0.370 e. The second kappa shape index (κ2) is 7.16. The highest BCUT2D eigenvalue weighted by atomic mass is 79.9. The zero-order valence-electron chi connectivity index (χ0n) is 11.3. The lowest BCUT2D eigenvalue weighted by molar-refractivity contribution is 0.586. The van der Waals surface area contributed by atoms with Gasteiger partial charge in [0.1, 0.15) is 16.2 Å². The van der Waals surface area contributed by atoms with Gasteiger partial charge in [0.15, 0.2) is 0 Å². The topological polar surface area (TPSA) is 84.0 Å². The minimum absolute atomic E-state index is 0.255. The molecule has 0 saturated heterocycles. The van der Waals surface area contributed by atoms with Gasteiger partial charge < -0.3 is 5.32 Å². The number of rotatable bonds is 7. The van der Waals surface area contributed by atoms with E-state index in [1.54, 1.807) is 6.07 Å². The second-order valence-corrected chi connectivity index (χ2v) is 7.18. The van der Waals surface area contributed by atoms with Gasteiger partial charge in [-0.15, -0.1) is 0 Å². The Kier molecular flexibility index (Phi) is 6.15. The predicted molar refractivity (Wildman–Crippen MR) is 79.8 cm³/mol. The monoisotopic (exact) mass is 350 g/mol. The molecule has 6 nitrogen and oxygen atoms in total. The Morgan fingerprint density at radius 2 is 2.00 bits per heavy atom. The third kappa shape index (κ3) is 6.84. The summed E-state index contributed by atoms with van der Waals surface area (Å²) >= 11 is 3.35. The molecule has 0 atom stereocenters. The maximum absolute atomic E-state index is 10.9. The molecule has 0 amide bonds. The molecule has 1 aromatic rings. The van der Waals surface area contributed by atoms with Gasteiger partial charge in [0.05, 0.1) is 6.26 Å². The molecule has 0 radical (unpaired) electrons. The quantitative estimate of drug-likeness (QED) is 0.577. The van der Waals surface area contributed by atoms with Crippen molar-refractivity contribution in [3.63, 3.8) is 0 Å². The maximum atomic E-state index is 10.9. The lowest BCUT2D eigenvalue weighted by atomic mass is 10.2. The third-order valence-corrected chi connectivity index (χ3v) is 3.39. The van der Waals surface area contributed by atoms with Crippen LogP contribution < -0.4 is 10.0 Å². The molecule has 8 heteroatoms. The SMILES string of the molecule is CC(C)c1nc(Br)cc(NCCCNS(C)(=O)=O)n1. The van der Waals surface area contributed by atoms with E-state index in [1.165, 1.54) is 0 Å². The van der Waals surface area contributed by atoms with E-state index in [9.17, 15) is 8.42 Å². The molecule has 19 heavy (non-hydrogen) atoms. The van der Waals surface area contributed by atoms with Crippen molar-refractivity contribution >= 4 is 31.8 Å². The summed E-state index contributed by atoms with van der Waals surface area (Å²) in [6.45, 7) is 5.11. The summed E-state index contributed by atoms with van der Waals surface area (Å²) in [6.07, 6.45) is 1.84. The van der Waals surface area contributed by atoms with Crippen LogP contribution in [0.5, 0.6) is 0 Å². The molecule has 0 aliphatic rings. The van der Waals surface area contributed by atoms with Crippen molar-refractivity contribution in [3.8, 4) is 0 Å². The molecule has 0 fully saturated rings. The molecule has 0 unspecified atom stereocenters. The summed E-state index contributed by atoms with van der Waals surface area (Å²) in [5, 5.41) is 3.15. The van der Waals surface area contributed by atoms with Crippen molar-refractivity contribution in [2.75, 3.05) is 24.7 Å². The Hall–Kier alpha value is -0.730. The molecule has 0 saturated carbocycles. The molecule has 0 aliphatic carbocycles. The van der Waals surface area contributed by atoms with E-state index in [0.29, 0.717) is 19.5 Å². The lowest BCUT2D eigenvalue weighted by Crippen LogP contribution is -2.24. The summed E-state index contributed by atoms with van der Waals surface area (Å²) in [7, 11) is -3.10. The minimum atomic E-state index is -3.10. The van der Waals surface area contributed by atoms with Crippen molar-refractivity contribution in [1.82, 2.24) is 14.7 Å². The van der Waals surface area contributed by atoms with Gasteiger partial charge >= 0.3 is 0 Å². The van der Waals surface area contributed by atoms with E-state index in [1.807, 2.05) is 13.8 Å². The van der Waals surface area contributed by atoms with Crippen LogP contribution in [-0.2, 0) is 10.0 Å². The fraction of sp³-hybridized carbons (Fsp3) is 0.636. The number of nitrogens with zero attached hydrogens (tertiary/aromatic N) is 2. The smallest absolute Gasteiger partial charge is 0.208 e. The van der Waals surface area contributed by atoms with Crippen LogP contribution in [0.1, 0.15) is 32.0 Å². The van der Waals surface area contributed by atoms with Gasteiger partial charge in [-0.05, 0) is 22.4 Å². The van der Waals surface area contributed by atoms with Crippen LogP contribution >= 0.6 is 15.9 Å². The highest BCUT2D eigenvalue weighted by Gasteiger charge is 2.06. The van der Waals surface area contributed by atoms with E-state index in [4.69, 9.17) is 0 Å². The van der Waals surface area contributed by atoms with Crippen LogP contribution in [0.4, 0.5) is 5.82 Å². The van der Waals surface area contributed by atoms with Gasteiger partial charge in [0.25, 0.3) is 0 Å². The van der Waals surface area contributed by atoms with Gasteiger partial charge in [-0.3, -0.25) is 0 Å². The number of anilines is 1. The Balaban J connectivity index is 2.45. The first-order valence-corrected chi connectivity index (χ1v) is 8.69. The molecular formula is C11H19BrN4O2S. The Labute approximate surface area is 122 Å². The van der Waals surface area contributed by atoms with Gasteiger partial charge in [0, 0.05) is 25.1 Å². The van der Waals surface area contributed by atoms with Crippen LogP contribution in [0.25, 0.3) is 0 Å². The van der Waals surface area contributed by atoms with Crippen LogP contribution in [0.15, 0.2) is 10.7 Å². The second-order valence-electron chi connectivity index (χ2n) is 4.54. The molecule has 108 valence electrons. The molecule has 1 aromatic heterocycles. The van der Waals surface area contributed by atoms with Crippen LogP contribution in [0, 0.1) is 0 Å². The van der Waals surface area contributed by atoms with Crippen molar-refractivity contribution in [2.45, 2.75) is 26.2 Å². The molecule has 0 aromatic carbocycles. The van der Waals surface area contributed by atoms with Crippen molar-refractivity contribution in [1.29, 1.82) is 0 Å².